The minimum absolute atomic E-state index is 0.664. The van der Waals surface area contributed by atoms with E-state index in [0.717, 1.165) is 27.0 Å². The summed E-state index contributed by atoms with van der Waals surface area (Å²) < 4.78 is 0. The van der Waals surface area contributed by atoms with E-state index in [2.05, 4.69) is 30.5 Å². The van der Waals surface area contributed by atoms with Gasteiger partial charge < -0.3 is 5.32 Å². The fraction of sp³-hybridized carbons (Fsp3) is 0.200. The number of thiophene rings is 1. The highest BCUT2D eigenvalue weighted by atomic mass is 32.2. The Balaban J connectivity index is 1.87. The van der Waals surface area contributed by atoms with Crippen molar-refractivity contribution in [3.63, 3.8) is 0 Å². The highest BCUT2D eigenvalue weighted by Crippen LogP contribution is 2.26. The van der Waals surface area contributed by atoms with Crippen LogP contribution in [0.25, 0.3) is 10.2 Å². The molecular weight excluding hydrogens is 268 g/mol. The third kappa shape index (κ3) is 2.16. The molecule has 0 aliphatic rings. The second kappa shape index (κ2) is 4.91. The van der Waals surface area contributed by atoms with Gasteiger partial charge >= 0.3 is 0 Å². The lowest BCUT2D eigenvalue weighted by molar-refractivity contribution is 0.968. The first-order chi connectivity index (χ1) is 8.86. The van der Waals surface area contributed by atoms with Gasteiger partial charge in [0.15, 0.2) is 5.16 Å². The van der Waals surface area contributed by atoms with Gasteiger partial charge in [-0.1, -0.05) is 11.8 Å². The zero-order chi connectivity index (χ0) is 12.4. The van der Waals surface area contributed by atoms with Gasteiger partial charge in [0.2, 0.25) is 0 Å². The van der Waals surface area contributed by atoms with Gasteiger partial charge in [0.1, 0.15) is 22.8 Å². The summed E-state index contributed by atoms with van der Waals surface area (Å²) in [4.78, 5) is 14.1. The van der Waals surface area contributed by atoms with Crippen molar-refractivity contribution < 1.29 is 0 Å². The molecule has 0 unspecified atom stereocenters. The normalized spacial score (nSPS) is 10.9. The number of hydrogen-bond donors (Lipinski definition) is 2. The Morgan fingerprint density at radius 1 is 1.44 bits per heavy atom. The molecule has 0 aliphatic carbocycles. The molecule has 0 bridgehead atoms. The Bertz CT molecular complexity index is 647. The smallest absolute Gasteiger partial charge is 0.183 e. The monoisotopic (exact) mass is 278 g/mol. The van der Waals surface area contributed by atoms with Crippen molar-refractivity contribution in [2.24, 2.45) is 0 Å². The molecule has 0 amide bonds. The van der Waals surface area contributed by atoms with Crippen LogP contribution in [0, 0.1) is 0 Å². The molecule has 3 heterocycles. The molecule has 0 aliphatic heterocycles. The molecule has 0 atom stereocenters. The molecule has 0 saturated carbocycles. The van der Waals surface area contributed by atoms with Crippen molar-refractivity contribution in [2.45, 2.75) is 10.9 Å². The quantitative estimate of drug-likeness (QED) is 0.712. The van der Waals surface area contributed by atoms with Gasteiger partial charge in [0.25, 0.3) is 0 Å². The molecule has 0 fully saturated rings. The van der Waals surface area contributed by atoms with Crippen LogP contribution in [0.15, 0.2) is 22.9 Å². The number of fused-ring (bicyclic) bond motifs is 1. The van der Waals surface area contributed by atoms with E-state index >= 15 is 0 Å². The molecule has 92 valence electrons. The summed E-state index contributed by atoms with van der Waals surface area (Å²) in [5.41, 5.74) is 0. The van der Waals surface area contributed by atoms with Crippen molar-refractivity contribution in [3.05, 3.63) is 23.6 Å². The Hall–Kier alpha value is -1.67. The largest absolute Gasteiger partial charge is 0.372 e. The zero-order valence-electron chi connectivity index (χ0n) is 9.54. The van der Waals surface area contributed by atoms with Crippen LogP contribution in [0.3, 0.4) is 0 Å². The van der Waals surface area contributed by atoms with Crippen LogP contribution < -0.4 is 5.32 Å². The van der Waals surface area contributed by atoms with Gasteiger partial charge in [0.05, 0.1) is 11.1 Å². The lowest BCUT2D eigenvalue weighted by Gasteiger charge is -2.04. The summed E-state index contributed by atoms with van der Waals surface area (Å²) in [5.74, 6) is 2.32. The van der Waals surface area contributed by atoms with Gasteiger partial charge in [-0.2, -0.15) is 5.10 Å². The molecule has 2 N–H and O–H groups in total. The Labute approximate surface area is 111 Å². The van der Waals surface area contributed by atoms with Gasteiger partial charge in [-0.25, -0.2) is 15.0 Å². The van der Waals surface area contributed by atoms with E-state index in [1.807, 2.05) is 18.5 Å². The molecule has 0 saturated heterocycles. The average molecular weight is 278 g/mol. The highest BCUT2D eigenvalue weighted by Gasteiger charge is 2.08. The lowest BCUT2D eigenvalue weighted by Crippen LogP contribution is -1.99. The Kier molecular flexibility index (Phi) is 3.11. The van der Waals surface area contributed by atoms with Crippen molar-refractivity contribution >= 4 is 39.1 Å². The molecule has 3 aromatic rings. The SMILES string of the molecule is CNc1nc(CSc2ncn[nH]2)nc2sccc12. The summed E-state index contributed by atoms with van der Waals surface area (Å²) in [6.07, 6.45) is 1.49. The van der Waals surface area contributed by atoms with Crippen LogP contribution in [0.4, 0.5) is 5.82 Å². The average Bonchev–Trinajstić information content (AvgIpc) is 3.06. The molecule has 0 aromatic carbocycles. The fourth-order valence-corrected chi connectivity index (χ4v) is 2.97. The maximum Gasteiger partial charge on any atom is 0.183 e. The van der Waals surface area contributed by atoms with Crippen LogP contribution >= 0.6 is 23.1 Å². The third-order valence-electron chi connectivity index (χ3n) is 2.34. The van der Waals surface area contributed by atoms with Crippen molar-refractivity contribution in [1.82, 2.24) is 25.1 Å². The molecule has 6 nitrogen and oxygen atoms in total. The number of thioether (sulfide) groups is 1. The summed E-state index contributed by atoms with van der Waals surface area (Å²) in [6, 6.07) is 2.03. The summed E-state index contributed by atoms with van der Waals surface area (Å²) >= 11 is 3.15. The molecule has 3 rings (SSSR count). The standard InChI is InChI=1S/C10H10N6S2/c1-11-8-6-2-3-17-9(6)15-7(14-8)4-18-10-12-5-13-16-10/h2-3,5H,4H2,1H3,(H,11,14,15)(H,12,13,16). The molecule has 8 heteroatoms. The van der Waals surface area contributed by atoms with Crippen molar-refractivity contribution in [2.75, 3.05) is 12.4 Å². The first kappa shape index (κ1) is 11.4. The van der Waals surface area contributed by atoms with Gasteiger partial charge in [-0.3, -0.25) is 5.10 Å². The first-order valence-electron chi connectivity index (χ1n) is 5.27. The summed E-state index contributed by atoms with van der Waals surface area (Å²) in [7, 11) is 1.87. The minimum Gasteiger partial charge on any atom is -0.372 e. The number of hydrogen-bond acceptors (Lipinski definition) is 7. The predicted molar refractivity (Wildman–Crippen MR) is 72.9 cm³/mol. The topological polar surface area (TPSA) is 79.4 Å². The molecule has 0 spiro atoms. The predicted octanol–water partition coefficient (Wildman–Crippen LogP) is 2.14. The van der Waals surface area contributed by atoms with Gasteiger partial charge in [-0.05, 0) is 11.4 Å². The third-order valence-corrected chi connectivity index (χ3v) is 4.02. The number of nitrogens with zero attached hydrogens (tertiary/aromatic N) is 4. The summed E-state index contributed by atoms with van der Waals surface area (Å²) in [5, 5.41) is 13.6. The maximum atomic E-state index is 4.53. The Morgan fingerprint density at radius 3 is 3.17 bits per heavy atom. The Morgan fingerprint density at radius 2 is 2.39 bits per heavy atom. The maximum absolute atomic E-state index is 4.53. The van der Waals surface area contributed by atoms with Crippen LogP contribution in [0.2, 0.25) is 0 Å². The van der Waals surface area contributed by atoms with E-state index in [1.165, 1.54) is 18.1 Å². The molecule has 3 aromatic heterocycles. The van der Waals surface area contributed by atoms with E-state index in [4.69, 9.17) is 0 Å². The van der Waals surface area contributed by atoms with E-state index in [1.54, 1.807) is 11.3 Å². The second-order valence-electron chi connectivity index (χ2n) is 3.46. The summed E-state index contributed by atoms with van der Waals surface area (Å²) in [6.45, 7) is 0. The fourth-order valence-electron chi connectivity index (χ4n) is 1.55. The number of nitrogens with one attached hydrogen (secondary N) is 2. The second-order valence-corrected chi connectivity index (χ2v) is 5.32. The highest BCUT2D eigenvalue weighted by molar-refractivity contribution is 7.98. The van der Waals surface area contributed by atoms with Crippen molar-refractivity contribution in [1.29, 1.82) is 0 Å². The van der Waals surface area contributed by atoms with Crippen LogP contribution in [-0.4, -0.2) is 32.2 Å². The number of rotatable bonds is 4. The van der Waals surface area contributed by atoms with E-state index in [9.17, 15) is 0 Å². The van der Waals surface area contributed by atoms with Crippen molar-refractivity contribution in [3.8, 4) is 0 Å². The van der Waals surface area contributed by atoms with Crippen LogP contribution in [0.1, 0.15) is 5.82 Å². The van der Waals surface area contributed by atoms with E-state index in [0.29, 0.717) is 5.75 Å². The number of aromatic nitrogens is 5. The van der Waals surface area contributed by atoms with Crippen LogP contribution in [-0.2, 0) is 5.75 Å². The van der Waals surface area contributed by atoms with Gasteiger partial charge in [0, 0.05) is 7.05 Å². The molecular formula is C10H10N6S2. The number of H-pyrrole nitrogens is 1. The van der Waals surface area contributed by atoms with E-state index < -0.39 is 0 Å². The number of anilines is 1. The van der Waals surface area contributed by atoms with Crippen LogP contribution in [0.5, 0.6) is 0 Å². The van der Waals surface area contributed by atoms with E-state index in [-0.39, 0.29) is 0 Å². The first-order valence-corrected chi connectivity index (χ1v) is 7.13. The van der Waals surface area contributed by atoms with Gasteiger partial charge in [-0.15, -0.1) is 11.3 Å². The number of aromatic amines is 1. The molecule has 0 radical (unpaired) electrons. The molecule has 18 heavy (non-hydrogen) atoms. The zero-order valence-corrected chi connectivity index (χ0v) is 11.2. The minimum atomic E-state index is 0.664. The lowest BCUT2D eigenvalue weighted by atomic mass is 10.4.